The fraction of sp³-hybridized carbons (Fsp3) is 0.355. The van der Waals surface area contributed by atoms with Crippen molar-refractivity contribution >= 4 is 34.4 Å². The molecule has 0 bridgehead atoms. The molecule has 0 unspecified atom stereocenters. The number of primary amides is 1. The van der Waals surface area contributed by atoms with Crippen LogP contribution in [0.1, 0.15) is 55.1 Å². The van der Waals surface area contributed by atoms with Crippen molar-refractivity contribution in [3.63, 3.8) is 0 Å². The van der Waals surface area contributed by atoms with Crippen LogP contribution >= 0.6 is 0 Å². The highest BCUT2D eigenvalue weighted by Gasteiger charge is 2.12. The minimum atomic E-state index is -0.498. The Hall–Kier alpha value is -5.00. The smallest absolute Gasteiger partial charge is 0.284 e. The number of aromatic amines is 1. The SMILES string of the molecule is CC(C)Cc1cccc2[nH]c(Cn3cccc(NC(=O)CCC/C=C/C(=O)N(C)C)c3=O)nc12.Cn1ccnc1C(N)=O. The summed E-state index contributed by atoms with van der Waals surface area (Å²) in [4.78, 5) is 60.4. The lowest BCUT2D eigenvalue weighted by Crippen LogP contribution is -2.26. The summed E-state index contributed by atoms with van der Waals surface area (Å²) in [5, 5.41) is 2.71. The number of hydrogen-bond donors (Lipinski definition) is 3. The van der Waals surface area contributed by atoms with Gasteiger partial charge in [0.25, 0.3) is 11.5 Å². The molecule has 3 aromatic heterocycles. The quantitative estimate of drug-likeness (QED) is 0.180. The van der Waals surface area contributed by atoms with E-state index in [0.717, 1.165) is 17.5 Å². The third-order valence-electron chi connectivity index (χ3n) is 6.41. The lowest BCUT2D eigenvalue weighted by molar-refractivity contribution is -0.123. The predicted molar refractivity (Wildman–Crippen MR) is 166 cm³/mol. The molecule has 0 aliphatic carbocycles. The number of aromatic nitrogens is 5. The van der Waals surface area contributed by atoms with E-state index in [9.17, 15) is 19.2 Å². The molecule has 0 atom stereocenters. The highest BCUT2D eigenvalue weighted by atomic mass is 16.2. The number of fused-ring (bicyclic) bond motifs is 1. The van der Waals surface area contributed by atoms with Gasteiger partial charge in [0.1, 0.15) is 11.5 Å². The lowest BCUT2D eigenvalue weighted by atomic mass is 10.0. The maximum Gasteiger partial charge on any atom is 0.284 e. The summed E-state index contributed by atoms with van der Waals surface area (Å²) < 4.78 is 3.10. The molecular weight excluding hydrogens is 548 g/mol. The number of hydrogen-bond acceptors (Lipinski definition) is 6. The van der Waals surface area contributed by atoms with Gasteiger partial charge in [-0.05, 0) is 55.0 Å². The summed E-state index contributed by atoms with van der Waals surface area (Å²) in [7, 11) is 5.09. The van der Waals surface area contributed by atoms with Crippen molar-refractivity contribution in [3.05, 3.63) is 88.6 Å². The molecular formula is C31H40N8O4. The predicted octanol–water partition coefficient (Wildman–Crippen LogP) is 3.24. The molecule has 4 aromatic rings. The molecule has 43 heavy (non-hydrogen) atoms. The van der Waals surface area contributed by atoms with Gasteiger partial charge in [-0.2, -0.15) is 0 Å². The number of aryl methyl sites for hydroxylation is 1. The number of anilines is 1. The Bertz CT molecular complexity index is 1640. The molecule has 0 aliphatic rings. The van der Waals surface area contributed by atoms with Crippen LogP contribution in [-0.4, -0.2) is 60.8 Å². The minimum Gasteiger partial charge on any atom is -0.363 e. The Morgan fingerprint density at radius 2 is 1.91 bits per heavy atom. The number of pyridine rings is 1. The number of nitrogens with two attached hydrogens (primary N) is 1. The van der Waals surface area contributed by atoms with Crippen LogP contribution in [0.5, 0.6) is 0 Å². The molecule has 1 aromatic carbocycles. The number of benzene rings is 1. The van der Waals surface area contributed by atoms with Crippen molar-refractivity contribution in [2.45, 2.75) is 46.1 Å². The normalized spacial score (nSPS) is 11.0. The third-order valence-corrected chi connectivity index (χ3v) is 6.41. The summed E-state index contributed by atoms with van der Waals surface area (Å²) in [6.45, 7) is 4.63. The number of carbonyl (C=O) groups is 3. The average molecular weight is 589 g/mol. The molecule has 0 spiro atoms. The van der Waals surface area contributed by atoms with E-state index in [-0.39, 0.29) is 41.9 Å². The van der Waals surface area contributed by atoms with Crippen LogP contribution in [-0.2, 0) is 29.6 Å². The Labute approximate surface area is 250 Å². The summed E-state index contributed by atoms with van der Waals surface area (Å²) in [6.07, 6.45) is 10.5. The Balaban J connectivity index is 0.000000480. The zero-order valence-corrected chi connectivity index (χ0v) is 25.3. The maximum atomic E-state index is 12.9. The van der Waals surface area contributed by atoms with Crippen molar-refractivity contribution in [3.8, 4) is 0 Å². The summed E-state index contributed by atoms with van der Waals surface area (Å²) >= 11 is 0. The highest BCUT2D eigenvalue weighted by molar-refractivity contribution is 5.90. The van der Waals surface area contributed by atoms with E-state index in [2.05, 4.69) is 35.2 Å². The first-order valence-corrected chi connectivity index (χ1v) is 14.1. The van der Waals surface area contributed by atoms with Crippen molar-refractivity contribution in [2.75, 3.05) is 19.4 Å². The van der Waals surface area contributed by atoms with E-state index in [1.807, 2.05) is 12.1 Å². The molecule has 4 rings (SSSR count). The van der Waals surface area contributed by atoms with E-state index >= 15 is 0 Å². The number of nitrogens with one attached hydrogen (secondary N) is 2. The van der Waals surface area contributed by atoms with E-state index < -0.39 is 5.91 Å². The van der Waals surface area contributed by atoms with Gasteiger partial charge in [0.2, 0.25) is 11.8 Å². The van der Waals surface area contributed by atoms with Gasteiger partial charge in [-0.25, -0.2) is 9.97 Å². The van der Waals surface area contributed by atoms with Gasteiger partial charge >= 0.3 is 0 Å². The number of amides is 3. The molecule has 0 aliphatic heterocycles. The lowest BCUT2D eigenvalue weighted by Gasteiger charge is -2.08. The summed E-state index contributed by atoms with van der Waals surface area (Å²) in [5.74, 6) is 0.678. The van der Waals surface area contributed by atoms with Gasteiger partial charge in [-0.1, -0.05) is 32.1 Å². The number of likely N-dealkylation sites (N-methyl/N-ethyl adjacent to an activating group) is 1. The van der Waals surface area contributed by atoms with Gasteiger partial charge in [-0.15, -0.1) is 0 Å². The largest absolute Gasteiger partial charge is 0.363 e. The average Bonchev–Trinajstić information content (AvgIpc) is 3.57. The summed E-state index contributed by atoms with van der Waals surface area (Å²) in [6, 6.07) is 9.43. The van der Waals surface area contributed by atoms with Gasteiger partial charge in [0.05, 0.1) is 17.6 Å². The first-order chi connectivity index (χ1) is 20.5. The first-order valence-electron chi connectivity index (χ1n) is 14.1. The van der Waals surface area contributed by atoms with Crippen LogP contribution in [0.2, 0.25) is 0 Å². The highest BCUT2D eigenvalue weighted by Crippen LogP contribution is 2.20. The number of rotatable bonds is 11. The monoisotopic (exact) mass is 588 g/mol. The molecule has 228 valence electrons. The van der Waals surface area contributed by atoms with Crippen molar-refractivity contribution < 1.29 is 14.4 Å². The first kappa shape index (κ1) is 32.5. The number of imidazole rings is 2. The van der Waals surface area contributed by atoms with Crippen LogP contribution in [0.25, 0.3) is 11.0 Å². The molecule has 0 saturated carbocycles. The Morgan fingerprint density at radius 1 is 1.14 bits per heavy atom. The zero-order valence-electron chi connectivity index (χ0n) is 25.3. The van der Waals surface area contributed by atoms with Crippen LogP contribution in [0, 0.1) is 5.92 Å². The molecule has 3 heterocycles. The van der Waals surface area contributed by atoms with Crippen LogP contribution in [0.15, 0.2) is 65.9 Å². The number of unbranched alkanes of at least 4 members (excludes halogenated alkanes) is 1. The van der Waals surface area contributed by atoms with Gasteiger partial charge in [0, 0.05) is 46.2 Å². The van der Waals surface area contributed by atoms with Crippen LogP contribution in [0.3, 0.4) is 0 Å². The third kappa shape index (κ3) is 9.52. The summed E-state index contributed by atoms with van der Waals surface area (Å²) in [5.41, 5.74) is 7.96. The molecule has 3 amide bonds. The van der Waals surface area contributed by atoms with Crippen molar-refractivity contribution in [2.24, 2.45) is 18.7 Å². The maximum absolute atomic E-state index is 12.9. The zero-order chi connectivity index (χ0) is 31.5. The number of nitrogens with zero attached hydrogens (tertiary/aromatic N) is 5. The number of allylic oxidation sites excluding steroid dienone is 1. The number of carbonyl (C=O) groups excluding carboxylic acids is 3. The van der Waals surface area contributed by atoms with Gasteiger partial charge in [0.15, 0.2) is 5.82 Å². The van der Waals surface area contributed by atoms with Gasteiger partial charge in [-0.3, -0.25) is 19.2 Å². The van der Waals surface area contributed by atoms with E-state index in [4.69, 9.17) is 10.7 Å². The molecule has 4 N–H and O–H groups in total. The second kappa shape index (κ2) is 15.3. The fourth-order valence-corrected chi connectivity index (χ4v) is 4.27. The standard InChI is InChI=1S/C26H33N5O3.C5H7N3O/c1-18(2)16-19-10-8-11-20-25(19)29-22(27-20)17-31-15-9-12-21(26(31)34)28-23(32)13-6-5-7-14-24(33)30(3)4;1-8-3-2-7-5(8)4(6)9/h7-12,14-15,18H,5-6,13,16-17H2,1-4H3,(H,27,29)(H,28,32);2-3H,1H3,(H2,6,9)/b14-7+;. The topological polar surface area (TPSA) is 161 Å². The van der Waals surface area contributed by atoms with Crippen LogP contribution in [0.4, 0.5) is 5.69 Å². The van der Waals surface area contributed by atoms with Gasteiger partial charge < -0.3 is 30.1 Å². The number of para-hydroxylation sites is 1. The molecule has 0 saturated heterocycles. The van der Waals surface area contributed by atoms with Crippen LogP contribution < -0.4 is 16.6 Å². The van der Waals surface area contributed by atoms with E-state index in [1.54, 1.807) is 56.3 Å². The van der Waals surface area contributed by atoms with Crippen molar-refractivity contribution in [1.29, 1.82) is 0 Å². The molecule has 12 nitrogen and oxygen atoms in total. The van der Waals surface area contributed by atoms with E-state index in [0.29, 0.717) is 24.6 Å². The van der Waals surface area contributed by atoms with E-state index in [1.165, 1.54) is 27.3 Å². The fourth-order valence-electron chi connectivity index (χ4n) is 4.27. The second-order valence-electron chi connectivity index (χ2n) is 10.8. The molecule has 12 heteroatoms. The minimum absolute atomic E-state index is 0.0881. The Kier molecular flexibility index (Phi) is 11.6. The second-order valence-corrected chi connectivity index (χ2v) is 10.8. The van der Waals surface area contributed by atoms with Crippen molar-refractivity contribution in [1.82, 2.24) is 29.0 Å². The Morgan fingerprint density at radius 3 is 2.53 bits per heavy atom. The molecule has 0 radical (unpaired) electrons. The number of H-pyrrole nitrogens is 1. The molecule has 0 fully saturated rings.